The fourth-order valence-electron chi connectivity index (χ4n) is 1.90. The minimum absolute atomic E-state index is 0.518. The average molecular weight is 340 g/mol. The third kappa shape index (κ3) is 3.71. The molecule has 1 aromatic carbocycles. The SMILES string of the molecule is Cc1cccc(CN(C)c2ccc(CCl)c(Br)c2)n1. The summed E-state index contributed by atoms with van der Waals surface area (Å²) in [4.78, 5) is 6.69. The molecule has 0 aliphatic rings. The van der Waals surface area contributed by atoms with Crippen LogP contribution in [0, 0.1) is 6.92 Å². The highest BCUT2D eigenvalue weighted by atomic mass is 79.9. The number of hydrogen-bond donors (Lipinski definition) is 0. The van der Waals surface area contributed by atoms with Gasteiger partial charge in [0, 0.05) is 28.8 Å². The summed E-state index contributed by atoms with van der Waals surface area (Å²) in [5.41, 5.74) is 4.36. The number of rotatable bonds is 4. The Morgan fingerprint density at radius 2 is 2.05 bits per heavy atom. The Kier molecular flexibility index (Phi) is 4.83. The maximum Gasteiger partial charge on any atom is 0.0600 e. The number of aryl methyl sites for hydroxylation is 1. The van der Waals surface area contributed by atoms with Crippen molar-refractivity contribution in [2.75, 3.05) is 11.9 Å². The zero-order valence-electron chi connectivity index (χ0n) is 11.0. The van der Waals surface area contributed by atoms with Gasteiger partial charge in [0.05, 0.1) is 12.2 Å². The van der Waals surface area contributed by atoms with Gasteiger partial charge in [-0.05, 0) is 36.8 Å². The van der Waals surface area contributed by atoms with Crippen LogP contribution in [0.2, 0.25) is 0 Å². The fourth-order valence-corrected chi connectivity index (χ4v) is 2.81. The first-order valence-electron chi connectivity index (χ1n) is 6.08. The zero-order valence-corrected chi connectivity index (χ0v) is 13.4. The van der Waals surface area contributed by atoms with Crippen molar-refractivity contribution >= 4 is 33.2 Å². The van der Waals surface area contributed by atoms with Gasteiger partial charge in [-0.3, -0.25) is 4.98 Å². The first-order valence-corrected chi connectivity index (χ1v) is 7.41. The lowest BCUT2D eigenvalue weighted by Crippen LogP contribution is -2.17. The lowest BCUT2D eigenvalue weighted by Gasteiger charge is -2.20. The molecule has 0 radical (unpaired) electrons. The first kappa shape index (κ1) is 14.4. The molecule has 0 saturated heterocycles. The summed E-state index contributed by atoms with van der Waals surface area (Å²) in [5, 5.41) is 0. The van der Waals surface area contributed by atoms with E-state index in [0.29, 0.717) is 5.88 Å². The molecule has 0 spiro atoms. The van der Waals surface area contributed by atoms with E-state index in [-0.39, 0.29) is 0 Å². The summed E-state index contributed by atoms with van der Waals surface area (Å²) in [6, 6.07) is 12.3. The van der Waals surface area contributed by atoms with Crippen molar-refractivity contribution in [3.05, 3.63) is 57.8 Å². The largest absolute Gasteiger partial charge is 0.369 e. The van der Waals surface area contributed by atoms with E-state index in [1.54, 1.807) is 0 Å². The van der Waals surface area contributed by atoms with Crippen LogP contribution in [0.25, 0.3) is 0 Å². The number of benzene rings is 1. The van der Waals surface area contributed by atoms with E-state index >= 15 is 0 Å². The second-order valence-corrected chi connectivity index (χ2v) is 5.66. The highest BCUT2D eigenvalue weighted by Gasteiger charge is 2.06. The summed E-state index contributed by atoms with van der Waals surface area (Å²) in [5.74, 6) is 0.518. The predicted molar refractivity (Wildman–Crippen MR) is 84.8 cm³/mol. The summed E-state index contributed by atoms with van der Waals surface area (Å²) in [6.07, 6.45) is 0. The molecule has 100 valence electrons. The molecular weight excluding hydrogens is 324 g/mol. The summed E-state index contributed by atoms with van der Waals surface area (Å²) < 4.78 is 1.05. The van der Waals surface area contributed by atoms with E-state index in [2.05, 4.69) is 45.0 Å². The molecule has 19 heavy (non-hydrogen) atoms. The van der Waals surface area contributed by atoms with Crippen molar-refractivity contribution in [3.8, 4) is 0 Å². The minimum atomic E-state index is 0.518. The molecule has 0 aliphatic carbocycles. The lowest BCUT2D eigenvalue weighted by atomic mass is 10.2. The molecule has 2 aromatic rings. The third-order valence-electron chi connectivity index (χ3n) is 2.97. The molecule has 0 N–H and O–H groups in total. The van der Waals surface area contributed by atoms with Crippen LogP contribution in [0.4, 0.5) is 5.69 Å². The van der Waals surface area contributed by atoms with Crippen LogP contribution in [-0.2, 0) is 12.4 Å². The van der Waals surface area contributed by atoms with Gasteiger partial charge < -0.3 is 4.90 Å². The fraction of sp³-hybridized carbons (Fsp3) is 0.267. The van der Waals surface area contributed by atoms with E-state index in [4.69, 9.17) is 11.6 Å². The van der Waals surface area contributed by atoms with Gasteiger partial charge in [-0.15, -0.1) is 11.6 Å². The highest BCUT2D eigenvalue weighted by Crippen LogP contribution is 2.25. The molecule has 2 nitrogen and oxygen atoms in total. The quantitative estimate of drug-likeness (QED) is 0.761. The molecule has 0 fully saturated rings. The van der Waals surface area contributed by atoms with Crippen molar-refractivity contribution in [3.63, 3.8) is 0 Å². The maximum absolute atomic E-state index is 5.86. The molecule has 0 saturated carbocycles. The third-order valence-corrected chi connectivity index (χ3v) is 3.99. The number of halogens is 2. The van der Waals surface area contributed by atoms with Gasteiger partial charge in [-0.1, -0.05) is 28.1 Å². The van der Waals surface area contributed by atoms with Crippen LogP contribution in [-0.4, -0.2) is 12.0 Å². The van der Waals surface area contributed by atoms with Gasteiger partial charge >= 0.3 is 0 Å². The summed E-state index contributed by atoms with van der Waals surface area (Å²) in [7, 11) is 2.06. The first-order chi connectivity index (χ1) is 9.10. The molecule has 1 aromatic heterocycles. The van der Waals surface area contributed by atoms with Gasteiger partial charge in [0.2, 0.25) is 0 Å². The normalized spacial score (nSPS) is 10.5. The number of hydrogen-bond acceptors (Lipinski definition) is 2. The zero-order chi connectivity index (χ0) is 13.8. The molecule has 4 heteroatoms. The van der Waals surface area contributed by atoms with Gasteiger partial charge in [0.1, 0.15) is 0 Å². The smallest absolute Gasteiger partial charge is 0.0600 e. The van der Waals surface area contributed by atoms with Crippen LogP contribution in [0.15, 0.2) is 40.9 Å². The molecule has 0 unspecified atom stereocenters. The number of alkyl halides is 1. The van der Waals surface area contributed by atoms with Crippen LogP contribution in [0.3, 0.4) is 0 Å². The molecule has 1 heterocycles. The average Bonchev–Trinajstić information content (AvgIpc) is 2.38. The van der Waals surface area contributed by atoms with Crippen molar-refractivity contribution in [2.45, 2.75) is 19.3 Å². The van der Waals surface area contributed by atoms with E-state index in [0.717, 1.165) is 33.7 Å². The number of pyridine rings is 1. The highest BCUT2D eigenvalue weighted by molar-refractivity contribution is 9.10. The molecule has 0 atom stereocenters. The van der Waals surface area contributed by atoms with Crippen LogP contribution in [0.1, 0.15) is 17.0 Å². The van der Waals surface area contributed by atoms with Crippen LogP contribution in [0.5, 0.6) is 0 Å². The second kappa shape index (κ2) is 6.40. The van der Waals surface area contributed by atoms with E-state index in [9.17, 15) is 0 Å². The Hall–Kier alpha value is -1.06. The number of aromatic nitrogens is 1. The maximum atomic E-state index is 5.86. The standard InChI is InChI=1S/C15H16BrClN2/c1-11-4-3-5-13(18-11)10-19(2)14-7-6-12(9-17)15(16)8-14/h3-8H,9-10H2,1-2H3. The summed E-state index contributed by atoms with van der Waals surface area (Å²) >= 11 is 9.40. The van der Waals surface area contributed by atoms with E-state index in [1.165, 1.54) is 0 Å². The van der Waals surface area contributed by atoms with Crippen LogP contribution < -0.4 is 4.90 Å². The van der Waals surface area contributed by atoms with Crippen LogP contribution >= 0.6 is 27.5 Å². The number of anilines is 1. The Morgan fingerprint density at radius 1 is 1.26 bits per heavy atom. The molecule has 0 bridgehead atoms. The molecular formula is C15H16BrClN2. The second-order valence-electron chi connectivity index (χ2n) is 4.54. The molecule has 0 amide bonds. The molecule has 0 aliphatic heterocycles. The molecule has 2 rings (SSSR count). The van der Waals surface area contributed by atoms with Gasteiger partial charge in [0.15, 0.2) is 0 Å². The van der Waals surface area contributed by atoms with Gasteiger partial charge in [-0.25, -0.2) is 0 Å². The Labute approximate surface area is 127 Å². The minimum Gasteiger partial charge on any atom is -0.369 e. The van der Waals surface area contributed by atoms with E-state index < -0.39 is 0 Å². The van der Waals surface area contributed by atoms with Gasteiger partial charge in [-0.2, -0.15) is 0 Å². The van der Waals surface area contributed by atoms with Crippen molar-refractivity contribution in [1.29, 1.82) is 0 Å². The van der Waals surface area contributed by atoms with Crippen molar-refractivity contribution < 1.29 is 0 Å². The Bertz CT molecular complexity index is 572. The monoisotopic (exact) mass is 338 g/mol. The topological polar surface area (TPSA) is 16.1 Å². The Morgan fingerprint density at radius 3 is 2.68 bits per heavy atom. The van der Waals surface area contributed by atoms with E-state index in [1.807, 2.05) is 31.2 Å². The van der Waals surface area contributed by atoms with Crippen molar-refractivity contribution in [1.82, 2.24) is 4.98 Å². The summed E-state index contributed by atoms with van der Waals surface area (Å²) in [6.45, 7) is 2.80. The predicted octanol–water partition coefficient (Wildman–Crippen LogP) is 4.53. The number of nitrogens with zero attached hydrogens (tertiary/aromatic N) is 2. The van der Waals surface area contributed by atoms with Crippen molar-refractivity contribution in [2.24, 2.45) is 0 Å². The van der Waals surface area contributed by atoms with Gasteiger partial charge in [0.25, 0.3) is 0 Å². The Balaban J connectivity index is 2.15. The lowest BCUT2D eigenvalue weighted by molar-refractivity contribution is 0.876.